The van der Waals surface area contributed by atoms with Crippen LogP contribution in [0.2, 0.25) is 25.1 Å². The van der Waals surface area contributed by atoms with E-state index in [1.807, 2.05) is 13.8 Å². The highest BCUT2D eigenvalue weighted by atomic mass is 35.5. The van der Waals surface area contributed by atoms with Crippen LogP contribution in [0.15, 0.2) is 30.3 Å². The van der Waals surface area contributed by atoms with Crippen LogP contribution in [0.3, 0.4) is 0 Å². The van der Waals surface area contributed by atoms with Gasteiger partial charge in [0.05, 0.1) is 27.0 Å². The van der Waals surface area contributed by atoms with Crippen molar-refractivity contribution in [2.24, 2.45) is 0 Å². The van der Waals surface area contributed by atoms with Crippen molar-refractivity contribution in [3.05, 3.63) is 61.0 Å². The predicted molar refractivity (Wildman–Crippen MR) is 153 cm³/mol. The van der Waals surface area contributed by atoms with Gasteiger partial charge < -0.3 is 10.2 Å². The number of nitrogens with one attached hydrogen (secondary N) is 1. The normalized spacial score (nSPS) is 13.1. The third-order valence-corrected chi connectivity index (χ3v) is 8.42. The van der Waals surface area contributed by atoms with Crippen LogP contribution in [-0.2, 0) is 26.2 Å². The van der Waals surface area contributed by atoms with Crippen molar-refractivity contribution in [1.82, 2.24) is 10.2 Å². The largest absolute Gasteiger partial charge is 0.352 e. The van der Waals surface area contributed by atoms with Gasteiger partial charge in [-0.1, -0.05) is 77.9 Å². The molecule has 2 amide bonds. The quantitative estimate of drug-likeness (QED) is 0.289. The molecule has 0 aliphatic carbocycles. The average molecular weight is 632 g/mol. The molecular weight excluding hydrogens is 604 g/mol. The summed E-state index contributed by atoms with van der Waals surface area (Å²) >= 11 is 30.8. The lowest BCUT2D eigenvalue weighted by molar-refractivity contribution is -0.140. The number of benzene rings is 2. The van der Waals surface area contributed by atoms with Crippen LogP contribution in [0.1, 0.15) is 39.2 Å². The first-order valence-electron chi connectivity index (χ1n) is 11.4. The summed E-state index contributed by atoms with van der Waals surface area (Å²) in [5.41, 5.74) is 0.515. The molecule has 13 heteroatoms. The van der Waals surface area contributed by atoms with E-state index in [4.69, 9.17) is 58.0 Å². The Morgan fingerprint density at radius 3 is 2.08 bits per heavy atom. The van der Waals surface area contributed by atoms with E-state index in [0.29, 0.717) is 22.0 Å². The number of hydrogen-bond acceptors (Lipinski definition) is 4. The summed E-state index contributed by atoms with van der Waals surface area (Å²) in [6, 6.07) is 6.33. The molecule has 1 N–H and O–H groups in total. The SMILES string of the molecule is CC[C@H](C(=O)N[C@@H](C)CC)N(Cc1ccc(Cl)cc1Cl)C(=O)CN(c1cc(Cl)c(Cl)cc1Cl)S(C)(=O)=O. The van der Waals surface area contributed by atoms with E-state index in [-0.39, 0.29) is 45.7 Å². The maximum absolute atomic E-state index is 13.7. The van der Waals surface area contributed by atoms with Gasteiger partial charge in [0.2, 0.25) is 21.8 Å². The first kappa shape index (κ1) is 31.8. The molecule has 0 aliphatic rings. The van der Waals surface area contributed by atoms with Gasteiger partial charge in [-0.3, -0.25) is 13.9 Å². The molecule has 37 heavy (non-hydrogen) atoms. The zero-order valence-corrected chi connectivity index (χ0v) is 25.3. The Bertz CT molecular complexity index is 1260. The van der Waals surface area contributed by atoms with Crippen LogP contribution < -0.4 is 9.62 Å². The third kappa shape index (κ3) is 8.53. The van der Waals surface area contributed by atoms with Gasteiger partial charge in [-0.05, 0) is 49.6 Å². The van der Waals surface area contributed by atoms with Crippen LogP contribution in [0.4, 0.5) is 5.69 Å². The Balaban J connectivity index is 2.54. The molecule has 204 valence electrons. The van der Waals surface area contributed by atoms with E-state index in [0.717, 1.165) is 10.6 Å². The minimum Gasteiger partial charge on any atom is -0.352 e. The highest BCUT2D eigenvalue weighted by Crippen LogP contribution is 2.36. The van der Waals surface area contributed by atoms with Crippen LogP contribution in [0, 0.1) is 0 Å². The Labute approximate surface area is 243 Å². The van der Waals surface area contributed by atoms with Gasteiger partial charge in [0.15, 0.2) is 0 Å². The number of nitrogens with zero attached hydrogens (tertiary/aromatic N) is 2. The van der Waals surface area contributed by atoms with Gasteiger partial charge in [0.25, 0.3) is 0 Å². The molecule has 0 heterocycles. The van der Waals surface area contributed by atoms with Crippen molar-refractivity contribution in [3.63, 3.8) is 0 Å². The van der Waals surface area contributed by atoms with Crippen molar-refractivity contribution in [1.29, 1.82) is 0 Å². The summed E-state index contributed by atoms with van der Waals surface area (Å²) in [6.07, 6.45) is 1.90. The molecule has 0 fully saturated rings. The van der Waals surface area contributed by atoms with Gasteiger partial charge >= 0.3 is 0 Å². The lowest BCUT2D eigenvalue weighted by Gasteiger charge is -2.33. The molecule has 7 nitrogen and oxygen atoms in total. The maximum atomic E-state index is 13.7. The predicted octanol–water partition coefficient (Wildman–Crippen LogP) is 6.44. The van der Waals surface area contributed by atoms with Gasteiger partial charge in [-0.2, -0.15) is 0 Å². The monoisotopic (exact) mass is 629 g/mol. The fourth-order valence-corrected chi connectivity index (χ4v) is 5.51. The summed E-state index contributed by atoms with van der Waals surface area (Å²) in [5, 5.41) is 3.78. The summed E-state index contributed by atoms with van der Waals surface area (Å²) < 4.78 is 26.3. The van der Waals surface area contributed by atoms with E-state index in [1.165, 1.54) is 23.1 Å². The first-order chi connectivity index (χ1) is 17.2. The molecule has 2 atom stereocenters. The molecule has 2 aromatic rings. The highest BCUT2D eigenvalue weighted by molar-refractivity contribution is 7.92. The van der Waals surface area contributed by atoms with Crippen molar-refractivity contribution >= 4 is 85.5 Å². The summed E-state index contributed by atoms with van der Waals surface area (Å²) in [4.78, 5) is 28.2. The summed E-state index contributed by atoms with van der Waals surface area (Å²) in [5.74, 6) is -1.02. The number of rotatable bonds is 11. The zero-order valence-electron chi connectivity index (χ0n) is 20.7. The van der Waals surface area contributed by atoms with Gasteiger partial charge in [0, 0.05) is 22.6 Å². The smallest absolute Gasteiger partial charge is 0.244 e. The Kier molecular flexibility index (Phi) is 11.7. The van der Waals surface area contributed by atoms with Crippen LogP contribution >= 0.6 is 58.0 Å². The van der Waals surface area contributed by atoms with Gasteiger partial charge in [-0.25, -0.2) is 8.42 Å². The molecule has 2 aromatic carbocycles. The number of carbonyl (C=O) groups excluding carboxylic acids is 2. The molecule has 0 spiro atoms. The van der Waals surface area contributed by atoms with E-state index >= 15 is 0 Å². The van der Waals surface area contributed by atoms with Crippen molar-refractivity contribution in [2.45, 2.75) is 52.2 Å². The summed E-state index contributed by atoms with van der Waals surface area (Å²) in [7, 11) is -4.01. The first-order valence-corrected chi connectivity index (χ1v) is 15.1. The molecule has 0 saturated carbocycles. The van der Waals surface area contributed by atoms with E-state index in [2.05, 4.69) is 5.32 Å². The molecule has 2 rings (SSSR count). The standard InChI is InChI=1S/C24H28Cl5N3O4S/c1-5-14(3)30-24(34)21(6-2)31(12-15-7-8-16(25)9-17(15)26)23(33)13-32(37(4,35)36)22-11-19(28)18(27)10-20(22)29/h7-11,14,21H,5-6,12-13H2,1-4H3,(H,30,34)/t14-,21+/m0/s1. The number of hydrogen-bond donors (Lipinski definition) is 1. The molecule has 0 radical (unpaired) electrons. The van der Waals surface area contributed by atoms with Crippen LogP contribution in [0.25, 0.3) is 0 Å². The number of sulfonamides is 1. The number of amides is 2. The maximum Gasteiger partial charge on any atom is 0.244 e. The zero-order chi connectivity index (χ0) is 28.1. The highest BCUT2D eigenvalue weighted by Gasteiger charge is 2.33. The average Bonchev–Trinajstić information content (AvgIpc) is 2.80. The fourth-order valence-electron chi connectivity index (χ4n) is 3.49. The van der Waals surface area contributed by atoms with Gasteiger partial charge in [-0.15, -0.1) is 0 Å². The Morgan fingerprint density at radius 2 is 1.54 bits per heavy atom. The van der Waals surface area contributed by atoms with Crippen LogP contribution in [-0.4, -0.2) is 50.0 Å². The van der Waals surface area contributed by atoms with Crippen molar-refractivity contribution in [2.75, 3.05) is 17.1 Å². The molecule has 0 unspecified atom stereocenters. The molecular formula is C24H28Cl5N3O4S. The second-order valence-electron chi connectivity index (χ2n) is 8.49. The van der Waals surface area contributed by atoms with E-state index in [9.17, 15) is 18.0 Å². The minimum atomic E-state index is -4.01. The molecule has 0 saturated heterocycles. The topological polar surface area (TPSA) is 86.8 Å². The van der Waals surface area contributed by atoms with E-state index in [1.54, 1.807) is 19.1 Å². The van der Waals surface area contributed by atoms with Crippen LogP contribution in [0.5, 0.6) is 0 Å². The third-order valence-electron chi connectivity index (χ3n) is 5.68. The van der Waals surface area contributed by atoms with Gasteiger partial charge in [0.1, 0.15) is 12.6 Å². The summed E-state index contributed by atoms with van der Waals surface area (Å²) in [6.45, 7) is 4.83. The van der Waals surface area contributed by atoms with Crippen molar-refractivity contribution in [3.8, 4) is 0 Å². The second kappa shape index (κ2) is 13.6. The second-order valence-corrected chi connectivity index (χ2v) is 12.5. The molecule has 0 aromatic heterocycles. The fraction of sp³-hybridized carbons (Fsp3) is 0.417. The lowest BCUT2D eigenvalue weighted by Crippen LogP contribution is -2.53. The molecule has 0 aliphatic heterocycles. The molecule has 0 bridgehead atoms. The number of halogens is 5. The Hall–Kier alpha value is -1.42. The minimum absolute atomic E-state index is 0.0125. The number of anilines is 1. The lowest BCUT2D eigenvalue weighted by atomic mass is 10.1. The van der Waals surface area contributed by atoms with Crippen molar-refractivity contribution < 1.29 is 18.0 Å². The Morgan fingerprint density at radius 1 is 0.919 bits per heavy atom. The number of carbonyl (C=O) groups is 2. The van der Waals surface area contributed by atoms with E-state index < -0.39 is 28.5 Å².